The van der Waals surface area contributed by atoms with Gasteiger partial charge < -0.3 is 10.6 Å². The van der Waals surface area contributed by atoms with Gasteiger partial charge in [0.25, 0.3) is 0 Å². The van der Waals surface area contributed by atoms with Crippen molar-refractivity contribution in [3.05, 3.63) is 0 Å². The van der Waals surface area contributed by atoms with E-state index in [2.05, 4.69) is 0 Å². The van der Waals surface area contributed by atoms with Crippen LogP contribution in [0.25, 0.3) is 0 Å². The Labute approximate surface area is 151 Å². The van der Waals surface area contributed by atoms with E-state index in [4.69, 9.17) is 5.73 Å². The lowest BCUT2D eigenvalue weighted by molar-refractivity contribution is -0.137. The molecule has 3 atom stereocenters. The average Bonchev–Trinajstić information content (AvgIpc) is 3.26. The lowest BCUT2D eigenvalue weighted by Crippen LogP contribution is -2.49. The van der Waals surface area contributed by atoms with E-state index >= 15 is 0 Å². The number of likely N-dealkylation sites (tertiary alicyclic amines) is 1. The van der Waals surface area contributed by atoms with Crippen LogP contribution in [0.15, 0.2) is 0 Å². The lowest BCUT2D eigenvalue weighted by Gasteiger charge is -2.44. The Balaban J connectivity index is 1.39. The highest BCUT2D eigenvalue weighted by Crippen LogP contribution is 2.42. The summed E-state index contributed by atoms with van der Waals surface area (Å²) in [5.41, 5.74) is 6.34. The Hall–Kier alpha value is -0.660. The Bertz CT molecular complexity index is 603. The number of rotatable bonds is 3. The lowest BCUT2D eigenvalue weighted by atomic mass is 9.65. The van der Waals surface area contributed by atoms with E-state index in [1.807, 2.05) is 4.90 Å². The van der Waals surface area contributed by atoms with Gasteiger partial charge in [-0.25, -0.2) is 12.7 Å². The first-order valence-electron chi connectivity index (χ1n) is 10.00. The first-order chi connectivity index (χ1) is 12.0. The van der Waals surface area contributed by atoms with Gasteiger partial charge in [0.05, 0.1) is 5.25 Å². The van der Waals surface area contributed by atoms with Gasteiger partial charge in [-0.15, -0.1) is 0 Å². The van der Waals surface area contributed by atoms with Gasteiger partial charge >= 0.3 is 0 Å². The third kappa shape index (κ3) is 3.23. The van der Waals surface area contributed by atoms with Crippen LogP contribution in [0.5, 0.6) is 0 Å². The first kappa shape index (κ1) is 17.7. The molecule has 0 aromatic carbocycles. The average molecular weight is 370 g/mol. The molecule has 7 heteroatoms. The molecule has 2 aliphatic carbocycles. The number of sulfonamides is 1. The molecule has 25 heavy (non-hydrogen) atoms. The molecule has 4 fully saturated rings. The quantitative estimate of drug-likeness (QED) is 0.809. The Morgan fingerprint density at radius 3 is 2.20 bits per heavy atom. The highest BCUT2D eigenvalue weighted by Gasteiger charge is 2.44. The van der Waals surface area contributed by atoms with Gasteiger partial charge in [-0.05, 0) is 56.8 Å². The van der Waals surface area contributed by atoms with Gasteiger partial charge in [0.2, 0.25) is 15.9 Å². The molecule has 1 amide bonds. The van der Waals surface area contributed by atoms with Crippen molar-refractivity contribution in [1.82, 2.24) is 9.21 Å². The molecule has 2 heterocycles. The summed E-state index contributed by atoms with van der Waals surface area (Å²) >= 11 is 0. The van der Waals surface area contributed by atoms with Crippen molar-refractivity contribution in [1.29, 1.82) is 0 Å². The maximum atomic E-state index is 13.0. The fourth-order valence-electron chi connectivity index (χ4n) is 5.57. The number of nitrogens with two attached hydrogens (primary N) is 1. The summed E-state index contributed by atoms with van der Waals surface area (Å²) in [6, 6.07) is 0.264. The van der Waals surface area contributed by atoms with Crippen LogP contribution < -0.4 is 5.73 Å². The zero-order valence-electron chi connectivity index (χ0n) is 15.0. The smallest absolute Gasteiger partial charge is 0.225 e. The molecule has 0 aromatic rings. The van der Waals surface area contributed by atoms with Crippen LogP contribution in [0.1, 0.15) is 51.4 Å². The minimum atomic E-state index is -3.24. The monoisotopic (exact) mass is 369 g/mol. The number of hydrogen-bond donors (Lipinski definition) is 1. The van der Waals surface area contributed by atoms with Crippen LogP contribution in [-0.4, -0.2) is 61.0 Å². The number of carbonyl (C=O) groups excluding carboxylic acids is 1. The second-order valence-electron chi connectivity index (χ2n) is 8.54. The number of nitrogens with zero attached hydrogens (tertiary/aromatic N) is 2. The molecule has 2 N–H and O–H groups in total. The molecule has 0 radical (unpaired) electrons. The third-order valence-electron chi connectivity index (χ3n) is 7.07. The van der Waals surface area contributed by atoms with Crippen molar-refractivity contribution in [2.75, 3.05) is 26.2 Å². The molecule has 142 valence electrons. The van der Waals surface area contributed by atoms with Crippen molar-refractivity contribution in [2.45, 2.75) is 62.7 Å². The van der Waals surface area contributed by atoms with E-state index in [1.54, 1.807) is 4.31 Å². The van der Waals surface area contributed by atoms with Crippen LogP contribution in [-0.2, 0) is 14.8 Å². The molecule has 4 aliphatic rings. The fraction of sp³-hybridized carbons (Fsp3) is 0.944. The number of amides is 1. The van der Waals surface area contributed by atoms with Crippen LogP contribution in [0.4, 0.5) is 0 Å². The van der Waals surface area contributed by atoms with Crippen molar-refractivity contribution in [3.8, 4) is 0 Å². The summed E-state index contributed by atoms with van der Waals surface area (Å²) in [6.45, 7) is 2.28. The number of carbonyl (C=O) groups is 1. The summed E-state index contributed by atoms with van der Waals surface area (Å²) in [5.74, 6) is 1.20. The third-order valence-corrected chi connectivity index (χ3v) is 9.38. The van der Waals surface area contributed by atoms with Gasteiger partial charge in [0, 0.05) is 38.1 Å². The maximum absolute atomic E-state index is 13.0. The van der Waals surface area contributed by atoms with Gasteiger partial charge in [0.15, 0.2) is 0 Å². The minimum absolute atomic E-state index is 0.0586. The van der Waals surface area contributed by atoms with Crippen LogP contribution in [0.2, 0.25) is 0 Å². The second kappa shape index (κ2) is 6.82. The Morgan fingerprint density at radius 2 is 1.56 bits per heavy atom. The number of hydrogen-bond acceptors (Lipinski definition) is 4. The summed E-state index contributed by atoms with van der Waals surface area (Å²) in [5, 5.41) is -0.403. The van der Waals surface area contributed by atoms with Crippen molar-refractivity contribution in [3.63, 3.8) is 0 Å². The standard InChI is InChI=1S/C18H31N3O3S/c19-17-13-4-3-5-14(17)11-15(10-13)18(22)20-9-6-16(12-20)25(23,24)21-7-1-2-8-21/h13-17H,1-12,19H2. The Morgan fingerprint density at radius 1 is 0.920 bits per heavy atom. The van der Waals surface area contributed by atoms with E-state index in [-0.39, 0.29) is 17.9 Å². The summed E-state index contributed by atoms with van der Waals surface area (Å²) < 4.78 is 27.1. The highest BCUT2D eigenvalue weighted by molar-refractivity contribution is 7.89. The summed E-state index contributed by atoms with van der Waals surface area (Å²) in [6.07, 6.45) is 7.83. The molecular formula is C18H31N3O3S. The zero-order valence-corrected chi connectivity index (χ0v) is 15.8. The van der Waals surface area contributed by atoms with Crippen LogP contribution in [0, 0.1) is 17.8 Å². The van der Waals surface area contributed by atoms with Crippen molar-refractivity contribution < 1.29 is 13.2 Å². The maximum Gasteiger partial charge on any atom is 0.225 e. The van der Waals surface area contributed by atoms with E-state index < -0.39 is 15.3 Å². The fourth-order valence-corrected chi connectivity index (χ4v) is 7.53. The molecule has 3 unspecified atom stereocenters. The van der Waals surface area contributed by atoms with Crippen LogP contribution in [0.3, 0.4) is 0 Å². The topological polar surface area (TPSA) is 83.7 Å². The SMILES string of the molecule is NC1C2CCCC1CC(C(=O)N1CCC(S(=O)(=O)N3CCCC3)C1)C2. The summed E-state index contributed by atoms with van der Waals surface area (Å²) in [4.78, 5) is 14.8. The van der Waals surface area contributed by atoms with E-state index in [9.17, 15) is 13.2 Å². The molecule has 2 saturated heterocycles. The van der Waals surface area contributed by atoms with Crippen LogP contribution >= 0.6 is 0 Å². The molecular weight excluding hydrogens is 338 g/mol. The van der Waals surface area contributed by atoms with Gasteiger partial charge in [-0.1, -0.05) is 6.42 Å². The highest BCUT2D eigenvalue weighted by atomic mass is 32.2. The molecule has 2 aliphatic heterocycles. The largest absolute Gasteiger partial charge is 0.341 e. The van der Waals surface area contributed by atoms with E-state index in [0.717, 1.165) is 38.5 Å². The first-order valence-corrected chi connectivity index (χ1v) is 11.5. The van der Waals surface area contributed by atoms with Crippen molar-refractivity contribution >= 4 is 15.9 Å². The van der Waals surface area contributed by atoms with Gasteiger partial charge in [-0.3, -0.25) is 4.79 Å². The predicted molar refractivity (Wildman–Crippen MR) is 96.2 cm³/mol. The van der Waals surface area contributed by atoms with Crippen molar-refractivity contribution in [2.24, 2.45) is 23.5 Å². The molecule has 0 aromatic heterocycles. The van der Waals surface area contributed by atoms with Gasteiger partial charge in [-0.2, -0.15) is 0 Å². The molecule has 0 spiro atoms. The predicted octanol–water partition coefficient (Wildman–Crippen LogP) is 1.17. The second-order valence-corrected chi connectivity index (χ2v) is 10.8. The molecule has 2 saturated carbocycles. The Kier molecular flexibility index (Phi) is 4.84. The molecule has 2 bridgehead atoms. The minimum Gasteiger partial charge on any atom is -0.341 e. The van der Waals surface area contributed by atoms with Gasteiger partial charge in [0.1, 0.15) is 0 Å². The molecule has 6 nitrogen and oxygen atoms in total. The van der Waals surface area contributed by atoms with E-state index in [0.29, 0.717) is 44.4 Å². The normalized spacial score (nSPS) is 39.7. The molecule has 4 rings (SSSR count). The summed E-state index contributed by atoms with van der Waals surface area (Å²) in [7, 11) is -3.24. The zero-order chi connectivity index (χ0) is 17.6. The number of fused-ring (bicyclic) bond motifs is 2. The van der Waals surface area contributed by atoms with E-state index in [1.165, 1.54) is 6.42 Å².